The molecule has 2 atom stereocenters. The van der Waals surface area contributed by atoms with E-state index in [1.807, 2.05) is 37.3 Å². The Balaban J connectivity index is 1.74. The third-order valence-electron chi connectivity index (χ3n) is 4.31. The molecule has 6 nitrogen and oxygen atoms in total. The Morgan fingerprint density at radius 3 is 2.68 bits per heavy atom. The molecule has 0 bridgehead atoms. The van der Waals surface area contributed by atoms with Crippen molar-refractivity contribution < 1.29 is 9.80 Å². The van der Waals surface area contributed by atoms with E-state index in [4.69, 9.17) is 10.5 Å². The Kier molecular flexibility index (Phi) is 5.75. The van der Waals surface area contributed by atoms with Crippen molar-refractivity contribution in [1.29, 1.82) is 0 Å². The molecule has 0 radical (unpaired) electrons. The largest absolute Gasteiger partial charge is 0.623 e. The van der Waals surface area contributed by atoms with E-state index in [1.54, 1.807) is 12.1 Å². The molecule has 134 valence electrons. The quantitative estimate of drug-likeness (QED) is 0.479. The van der Waals surface area contributed by atoms with Gasteiger partial charge in [-0.2, -0.15) is 0 Å². The fraction of sp³-hybridized carbons (Fsp3) is 0.368. The van der Waals surface area contributed by atoms with Crippen LogP contribution in [0.2, 0.25) is 0 Å². The summed E-state index contributed by atoms with van der Waals surface area (Å²) in [6.45, 7) is 3.55. The number of nitrogen functional groups attached to an aromatic ring is 1. The number of rotatable bonds is 6. The van der Waals surface area contributed by atoms with Gasteiger partial charge in [-0.15, -0.1) is 0 Å². The van der Waals surface area contributed by atoms with Crippen molar-refractivity contribution in [2.75, 3.05) is 29.5 Å². The third kappa shape index (κ3) is 4.42. The summed E-state index contributed by atoms with van der Waals surface area (Å²) in [6.07, 6.45) is 3.37. The second kappa shape index (κ2) is 8.20. The van der Waals surface area contributed by atoms with Gasteiger partial charge in [0.05, 0.1) is 5.69 Å². The van der Waals surface area contributed by atoms with Crippen LogP contribution in [0.5, 0.6) is 0 Å². The van der Waals surface area contributed by atoms with Crippen molar-refractivity contribution in [2.24, 2.45) is 0 Å². The minimum atomic E-state index is -0.0382. The fourth-order valence-corrected chi connectivity index (χ4v) is 3.01. The fourth-order valence-electron chi connectivity index (χ4n) is 3.01. The van der Waals surface area contributed by atoms with Gasteiger partial charge in [-0.3, -0.25) is 0 Å². The van der Waals surface area contributed by atoms with Crippen molar-refractivity contribution in [3.05, 3.63) is 47.7 Å². The van der Waals surface area contributed by atoms with Gasteiger partial charge >= 0.3 is 0 Å². The smallest absolute Gasteiger partial charge is 0.161 e. The predicted octanol–water partition coefficient (Wildman–Crippen LogP) is 2.99. The van der Waals surface area contributed by atoms with Crippen LogP contribution in [0.15, 0.2) is 42.5 Å². The Bertz CT molecular complexity index is 684. The van der Waals surface area contributed by atoms with Gasteiger partial charge in [0.25, 0.3) is 0 Å². The maximum atomic E-state index is 12.9. The van der Waals surface area contributed by atoms with Crippen molar-refractivity contribution in [3.63, 3.8) is 0 Å². The van der Waals surface area contributed by atoms with Gasteiger partial charge in [0.1, 0.15) is 11.9 Å². The molecule has 0 aliphatic carbocycles. The van der Waals surface area contributed by atoms with E-state index in [9.17, 15) is 5.21 Å². The first-order valence-electron chi connectivity index (χ1n) is 8.83. The first kappa shape index (κ1) is 17.5. The van der Waals surface area contributed by atoms with Crippen molar-refractivity contribution in [1.82, 2.24) is 0 Å². The van der Waals surface area contributed by atoms with Crippen molar-refractivity contribution in [3.8, 4) is 0 Å². The highest BCUT2D eigenvalue weighted by atomic mass is 16.5. The number of nitrogens with one attached hydrogen (secondary N) is 3. The van der Waals surface area contributed by atoms with Crippen LogP contribution in [0, 0.1) is 5.21 Å². The number of quaternary nitrogens is 1. The lowest BCUT2D eigenvalue weighted by Crippen LogP contribution is -2.96. The Labute approximate surface area is 148 Å². The molecule has 25 heavy (non-hydrogen) atoms. The molecule has 2 unspecified atom stereocenters. The maximum absolute atomic E-state index is 12.9. The zero-order valence-corrected chi connectivity index (χ0v) is 14.5. The molecule has 3 rings (SSSR count). The summed E-state index contributed by atoms with van der Waals surface area (Å²) in [7, 11) is 0. The van der Waals surface area contributed by atoms with E-state index in [2.05, 4.69) is 10.6 Å². The minimum absolute atomic E-state index is 0.0382. The van der Waals surface area contributed by atoms with E-state index in [0.717, 1.165) is 37.4 Å². The van der Waals surface area contributed by atoms with Gasteiger partial charge in [0.2, 0.25) is 0 Å². The topological polar surface area (TPSA) is 86.8 Å². The van der Waals surface area contributed by atoms with Gasteiger partial charge in [0.15, 0.2) is 5.69 Å². The van der Waals surface area contributed by atoms with Crippen molar-refractivity contribution in [2.45, 2.75) is 32.4 Å². The van der Waals surface area contributed by atoms with E-state index in [0.29, 0.717) is 17.1 Å². The summed E-state index contributed by atoms with van der Waals surface area (Å²) < 4.78 is 5.68. The Hall–Kier alpha value is -2.28. The zero-order valence-electron chi connectivity index (χ0n) is 14.5. The lowest BCUT2D eigenvalue weighted by atomic mass is 10.1. The molecular weight excluding hydrogens is 316 g/mol. The average Bonchev–Trinajstić information content (AvgIpc) is 2.64. The molecule has 1 fully saturated rings. The molecule has 0 amide bonds. The molecule has 2 aromatic rings. The van der Waals surface area contributed by atoms with Crippen LogP contribution < -0.4 is 21.4 Å². The van der Waals surface area contributed by atoms with Crippen LogP contribution in [0.1, 0.15) is 26.2 Å². The standard InChI is InChI=1S/C19H26N4O2/c1-2-21-17-11-6-14(20)13-18(17)23(24)16-9-7-15(8-10-16)22-19-5-3-4-12-25-19/h6-11,13,19,21-23H,2-5,12,20H2,1H3. The Morgan fingerprint density at radius 2 is 2.00 bits per heavy atom. The lowest BCUT2D eigenvalue weighted by molar-refractivity contribution is -0.697. The molecule has 0 aromatic heterocycles. The highest BCUT2D eigenvalue weighted by Gasteiger charge is 2.15. The number of hydrogen-bond acceptors (Lipinski definition) is 5. The number of anilines is 3. The second-order valence-electron chi connectivity index (χ2n) is 6.24. The van der Waals surface area contributed by atoms with E-state index < -0.39 is 0 Å². The SMILES string of the molecule is CCNc1ccc(N)cc1[NH+]([O-])c1ccc(NC2CCCCO2)cc1. The molecule has 1 saturated heterocycles. The molecule has 5 N–H and O–H groups in total. The molecule has 0 saturated carbocycles. The highest BCUT2D eigenvalue weighted by molar-refractivity contribution is 5.67. The van der Waals surface area contributed by atoms with Crippen LogP contribution >= 0.6 is 0 Å². The molecular formula is C19H26N4O2. The highest BCUT2D eigenvalue weighted by Crippen LogP contribution is 2.23. The molecule has 0 spiro atoms. The van der Waals surface area contributed by atoms with Gasteiger partial charge in [0, 0.05) is 42.7 Å². The normalized spacial score (nSPS) is 18.6. The maximum Gasteiger partial charge on any atom is 0.161 e. The first-order valence-corrected chi connectivity index (χ1v) is 8.83. The predicted molar refractivity (Wildman–Crippen MR) is 102 cm³/mol. The summed E-state index contributed by atoms with van der Waals surface area (Å²) in [5.74, 6) is 0. The van der Waals surface area contributed by atoms with Crippen LogP contribution in [-0.4, -0.2) is 19.4 Å². The zero-order chi connectivity index (χ0) is 17.6. The summed E-state index contributed by atoms with van der Waals surface area (Å²) in [4.78, 5) is 0. The summed E-state index contributed by atoms with van der Waals surface area (Å²) in [5, 5.41) is 19.4. The van der Waals surface area contributed by atoms with Gasteiger partial charge < -0.3 is 31.4 Å². The van der Waals surface area contributed by atoms with Gasteiger partial charge in [-0.05, 0) is 50.5 Å². The monoisotopic (exact) mass is 342 g/mol. The lowest BCUT2D eigenvalue weighted by Gasteiger charge is -2.26. The van der Waals surface area contributed by atoms with Crippen LogP contribution in [0.3, 0.4) is 0 Å². The minimum Gasteiger partial charge on any atom is -0.623 e. The first-order chi connectivity index (χ1) is 12.2. The van der Waals surface area contributed by atoms with E-state index in [-0.39, 0.29) is 11.3 Å². The molecule has 1 heterocycles. The average molecular weight is 342 g/mol. The number of benzene rings is 2. The summed E-state index contributed by atoms with van der Waals surface area (Å²) >= 11 is 0. The number of ether oxygens (including phenoxy) is 1. The summed E-state index contributed by atoms with van der Waals surface area (Å²) in [6, 6.07) is 12.9. The molecule has 1 aliphatic rings. The van der Waals surface area contributed by atoms with Crippen LogP contribution in [0.25, 0.3) is 0 Å². The summed E-state index contributed by atoms with van der Waals surface area (Å²) in [5.41, 5.74) is 9.45. The van der Waals surface area contributed by atoms with Crippen molar-refractivity contribution >= 4 is 28.4 Å². The van der Waals surface area contributed by atoms with Gasteiger partial charge in [-0.1, -0.05) is 0 Å². The van der Waals surface area contributed by atoms with Crippen LogP contribution in [0.4, 0.5) is 28.4 Å². The van der Waals surface area contributed by atoms with E-state index >= 15 is 0 Å². The molecule has 2 aromatic carbocycles. The molecule has 6 heteroatoms. The molecule has 1 aliphatic heterocycles. The second-order valence-corrected chi connectivity index (χ2v) is 6.24. The van der Waals surface area contributed by atoms with E-state index in [1.165, 1.54) is 6.42 Å². The number of nitrogens with two attached hydrogens (primary N) is 1. The third-order valence-corrected chi connectivity index (χ3v) is 4.31. The number of hydrogen-bond donors (Lipinski definition) is 4. The van der Waals surface area contributed by atoms with Gasteiger partial charge in [-0.25, -0.2) is 0 Å². The van der Waals surface area contributed by atoms with Crippen LogP contribution in [-0.2, 0) is 4.74 Å². The Morgan fingerprint density at radius 1 is 1.20 bits per heavy atom.